The van der Waals surface area contributed by atoms with Crippen LogP contribution in [0, 0.1) is 0 Å². The number of aliphatic hydroxyl groups is 1. The molecule has 4 nitrogen and oxygen atoms in total. The van der Waals surface area contributed by atoms with Crippen LogP contribution in [0.2, 0.25) is 0 Å². The van der Waals surface area contributed by atoms with Crippen LogP contribution in [0.1, 0.15) is 30.2 Å². The normalized spacial score (nSPS) is 14.2. The summed E-state index contributed by atoms with van der Waals surface area (Å²) in [6.07, 6.45) is 0.146. The van der Waals surface area contributed by atoms with E-state index in [4.69, 9.17) is 0 Å². The van der Waals surface area contributed by atoms with Crippen LogP contribution < -0.4 is 10.6 Å². The van der Waals surface area contributed by atoms with E-state index in [0.29, 0.717) is 18.9 Å². The van der Waals surface area contributed by atoms with E-state index in [9.17, 15) is 5.11 Å². The second-order valence-electron chi connectivity index (χ2n) is 5.86. The second kappa shape index (κ2) is 10.1. The van der Waals surface area contributed by atoms with Crippen LogP contribution in [-0.4, -0.2) is 36.8 Å². The maximum absolute atomic E-state index is 10.2. The van der Waals surface area contributed by atoms with Gasteiger partial charge in [-0.25, -0.2) is 0 Å². The minimum Gasteiger partial charge on any atom is -0.391 e. The van der Waals surface area contributed by atoms with Crippen LogP contribution in [0.3, 0.4) is 0 Å². The molecule has 0 aliphatic heterocycles. The summed E-state index contributed by atoms with van der Waals surface area (Å²) in [4.78, 5) is 5.87. The topological polar surface area (TPSA) is 56.7 Å². The molecule has 1 aromatic heterocycles. The Balaban J connectivity index is 1.83. The zero-order valence-corrected chi connectivity index (χ0v) is 15.2. The van der Waals surface area contributed by atoms with Gasteiger partial charge in [0.15, 0.2) is 5.96 Å². The van der Waals surface area contributed by atoms with Crippen molar-refractivity contribution in [2.45, 2.75) is 32.3 Å². The molecule has 2 atom stereocenters. The first-order chi connectivity index (χ1) is 11.7. The molecule has 5 heteroatoms. The molecule has 0 saturated heterocycles. The minimum absolute atomic E-state index is 0.387. The Kier molecular flexibility index (Phi) is 7.79. The van der Waals surface area contributed by atoms with Crippen molar-refractivity contribution < 1.29 is 5.11 Å². The summed E-state index contributed by atoms with van der Waals surface area (Å²) in [6, 6.07) is 14.3. The molecule has 2 rings (SSSR count). The molecule has 0 bridgehead atoms. The first-order valence-corrected chi connectivity index (χ1v) is 9.34. The molecular weight excluding hydrogens is 318 g/mol. The van der Waals surface area contributed by atoms with Crippen molar-refractivity contribution in [1.82, 2.24) is 10.6 Å². The summed E-state index contributed by atoms with van der Waals surface area (Å²) < 4.78 is 0. The van der Waals surface area contributed by atoms with Gasteiger partial charge in [-0.15, -0.1) is 11.3 Å². The number of hydrogen-bond donors (Lipinski definition) is 3. The average molecular weight is 346 g/mol. The Morgan fingerprint density at radius 2 is 1.96 bits per heavy atom. The van der Waals surface area contributed by atoms with Gasteiger partial charge in [0.25, 0.3) is 0 Å². The summed E-state index contributed by atoms with van der Waals surface area (Å²) in [7, 11) is 0. The van der Waals surface area contributed by atoms with E-state index in [1.807, 2.05) is 37.3 Å². The Bertz CT molecular complexity index is 598. The highest BCUT2D eigenvalue weighted by molar-refractivity contribution is 7.10. The van der Waals surface area contributed by atoms with Crippen LogP contribution in [0.25, 0.3) is 0 Å². The molecule has 1 heterocycles. The number of benzene rings is 1. The molecular formula is C19H27N3OS. The maximum atomic E-state index is 10.2. The number of hydrogen-bond acceptors (Lipinski definition) is 3. The summed E-state index contributed by atoms with van der Waals surface area (Å²) in [5.74, 6) is 1.19. The molecule has 0 spiro atoms. The molecule has 3 N–H and O–H groups in total. The first-order valence-electron chi connectivity index (χ1n) is 8.46. The van der Waals surface area contributed by atoms with E-state index in [1.165, 1.54) is 4.88 Å². The molecule has 0 aliphatic rings. The first kappa shape index (κ1) is 18.5. The number of nitrogens with zero attached hydrogens (tertiary/aromatic N) is 1. The zero-order valence-electron chi connectivity index (χ0n) is 14.4. The molecule has 2 aromatic rings. The quantitative estimate of drug-likeness (QED) is 0.509. The summed E-state index contributed by atoms with van der Waals surface area (Å²) in [5.41, 5.74) is 1.13. The van der Waals surface area contributed by atoms with Crippen LogP contribution in [0.5, 0.6) is 0 Å². The predicted octanol–water partition coefficient (Wildman–Crippen LogP) is 3.01. The Hall–Kier alpha value is -1.85. The van der Waals surface area contributed by atoms with Gasteiger partial charge in [0.2, 0.25) is 0 Å². The smallest absolute Gasteiger partial charge is 0.191 e. The van der Waals surface area contributed by atoms with Gasteiger partial charge in [-0.2, -0.15) is 0 Å². The zero-order chi connectivity index (χ0) is 17.2. The van der Waals surface area contributed by atoms with Crippen LogP contribution >= 0.6 is 11.3 Å². The van der Waals surface area contributed by atoms with Crippen molar-refractivity contribution in [3.8, 4) is 0 Å². The third-order valence-electron chi connectivity index (χ3n) is 3.72. The van der Waals surface area contributed by atoms with Gasteiger partial charge in [0, 0.05) is 30.3 Å². The summed E-state index contributed by atoms with van der Waals surface area (Å²) in [6.45, 7) is 6.25. The molecule has 130 valence electrons. The molecule has 0 radical (unpaired) electrons. The third-order valence-corrected chi connectivity index (χ3v) is 4.83. The van der Waals surface area contributed by atoms with Crippen LogP contribution in [0.15, 0.2) is 52.8 Å². The Morgan fingerprint density at radius 3 is 2.62 bits per heavy atom. The van der Waals surface area contributed by atoms with Crippen molar-refractivity contribution >= 4 is 17.3 Å². The largest absolute Gasteiger partial charge is 0.391 e. The van der Waals surface area contributed by atoms with Crippen molar-refractivity contribution in [2.75, 3.05) is 19.6 Å². The predicted molar refractivity (Wildman–Crippen MR) is 103 cm³/mol. The molecule has 0 fully saturated rings. The fraction of sp³-hybridized carbons (Fsp3) is 0.421. The van der Waals surface area contributed by atoms with Crippen molar-refractivity contribution in [3.63, 3.8) is 0 Å². The lowest BCUT2D eigenvalue weighted by atomic mass is 10.1. The molecule has 2 unspecified atom stereocenters. The maximum Gasteiger partial charge on any atom is 0.191 e. The van der Waals surface area contributed by atoms with E-state index in [2.05, 4.69) is 40.1 Å². The third kappa shape index (κ3) is 6.34. The molecule has 24 heavy (non-hydrogen) atoms. The number of rotatable bonds is 8. The number of aliphatic imine (C=N–C) groups is 1. The van der Waals surface area contributed by atoms with Crippen molar-refractivity contribution in [2.24, 2.45) is 4.99 Å². The fourth-order valence-electron chi connectivity index (χ4n) is 2.41. The number of thiophene rings is 1. The van der Waals surface area contributed by atoms with Gasteiger partial charge in [0.05, 0.1) is 12.6 Å². The van der Waals surface area contributed by atoms with Gasteiger partial charge in [-0.05, 0) is 23.9 Å². The molecule has 0 aliphatic carbocycles. The van der Waals surface area contributed by atoms with Gasteiger partial charge in [-0.1, -0.05) is 43.3 Å². The van der Waals surface area contributed by atoms with Crippen LogP contribution in [-0.2, 0) is 6.42 Å². The van der Waals surface area contributed by atoms with Crippen molar-refractivity contribution in [1.29, 1.82) is 0 Å². The van der Waals surface area contributed by atoms with Gasteiger partial charge in [-0.3, -0.25) is 4.99 Å². The standard InChI is InChI=1S/C19H27N3OS/c1-3-20-19(21-13-15(2)18-10-7-11-24-18)22-14-17(23)12-16-8-5-4-6-9-16/h4-11,15,17,23H,3,12-14H2,1-2H3,(H2,20,21,22). The SMILES string of the molecule is CCNC(=NCC(O)Cc1ccccc1)NCC(C)c1cccs1. The van der Waals surface area contributed by atoms with Gasteiger partial charge < -0.3 is 15.7 Å². The highest BCUT2D eigenvalue weighted by atomic mass is 32.1. The second-order valence-corrected chi connectivity index (χ2v) is 6.84. The highest BCUT2D eigenvalue weighted by Crippen LogP contribution is 2.19. The summed E-state index contributed by atoms with van der Waals surface area (Å²) >= 11 is 1.78. The average Bonchev–Trinajstić information content (AvgIpc) is 3.12. The van der Waals surface area contributed by atoms with Gasteiger partial charge >= 0.3 is 0 Å². The van der Waals surface area contributed by atoms with E-state index >= 15 is 0 Å². The van der Waals surface area contributed by atoms with E-state index in [0.717, 1.165) is 24.6 Å². The van der Waals surface area contributed by atoms with Gasteiger partial charge in [0.1, 0.15) is 0 Å². The minimum atomic E-state index is -0.474. The Labute approximate surface area is 148 Å². The lowest BCUT2D eigenvalue weighted by Crippen LogP contribution is -2.39. The number of guanidine groups is 1. The van der Waals surface area contributed by atoms with E-state index in [-0.39, 0.29) is 0 Å². The fourth-order valence-corrected chi connectivity index (χ4v) is 3.20. The lowest BCUT2D eigenvalue weighted by Gasteiger charge is -2.16. The lowest BCUT2D eigenvalue weighted by molar-refractivity contribution is 0.183. The number of aliphatic hydroxyl groups excluding tert-OH is 1. The van der Waals surface area contributed by atoms with Crippen molar-refractivity contribution in [3.05, 3.63) is 58.3 Å². The highest BCUT2D eigenvalue weighted by Gasteiger charge is 2.09. The molecule has 0 amide bonds. The molecule has 1 aromatic carbocycles. The van der Waals surface area contributed by atoms with Crippen LogP contribution in [0.4, 0.5) is 0 Å². The summed E-state index contributed by atoms with van der Waals surface area (Å²) in [5, 5.41) is 18.9. The number of nitrogens with one attached hydrogen (secondary N) is 2. The monoisotopic (exact) mass is 345 g/mol. The van der Waals surface area contributed by atoms with E-state index in [1.54, 1.807) is 11.3 Å². The molecule has 0 saturated carbocycles. The van der Waals surface area contributed by atoms with E-state index < -0.39 is 6.10 Å². The Morgan fingerprint density at radius 1 is 1.17 bits per heavy atom.